The van der Waals surface area contributed by atoms with Gasteiger partial charge >= 0.3 is 0 Å². The van der Waals surface area contributed by atoms with E-state index in [0.717, 1.165) is 6.42 Å². The first-order chi connectivity index (χ1) is 15.4. The molecule has 2 atom stereocenters. The molecular formula is C31H26. The Bertz CT molecular complexity index is 1250. The maximum Gasteiger partial charge on any atom is 0.0500 e. The zero-order valence-corrected chi connectivity index (χ0v) is 17.7. The highest BCUT2D eigenvalue weighted by atomic mass is 14.6. The minimum Gasteiger partial charge on any atom is -0.0622 e. The van der Waals surface area contributed by atoms with Crippen LogP contribution in [-0.2, 0) is 11.8 Å². The Labute approximate surface area is 184 Å². The quantitative estimate of drug-likeness (QED) is 0.328. The molecule has 0 heteroatoms. The second-order valence-electron chi connectivity index (χ2n) is 9.63. The van der Waals surface area contributed by atoms with Crippen LogP contribution in [0.1, 0.15) is 58.6 Å². The highest BCUT2D eigenvalue weighted by Crippen LogP contribution is 2.67. The van der Waals surface area contributed by atoms with Gasteiger partial charge in [0.2, 0.25) is 0 Å². The van der Waals surface area contributed by atoms with Gasteiger partial charge in [-0.05, 0) is 75.6 Å². The average Bonchev–Trinajstić information content (AvgIpc) is 3.48. The molecule has 3 aliphatic carbocycles. The standard InChI is InChI=1S/C31H26/c1-2-9-21(10-3-1)19-22-17-18-26-25-13-8-16-29(25)31(30(26)20-22)27-14-6-4-11-23(27)24-12-5-7-15-28(24)31/h1-7,9-12,14-15,17-18,20,25,29H,8,13,16,19H2. The Kier molecular flexibility index (Phi) is 3.64. The fourth-order valence-corrected chi connectivity index (χ4v) is 7.22. The van der Waals surface area contributed by atoms with E-state index >= 15 is 0 Å². The summed E-state index contributed by atoms with van der Waals surface area (Å²) in [4.78, 5) is 0. The summed E-state index contributed by atoms with van der Waals surface area (Å²) in [6.07, 6.45) is 5.02. The number of rotatable bonds is 2. The third kappa shape index (κ3) is 2.26. The predicted octanol–water partition coefficient (Wildman–Crippen LogP) is 7.49. The van der Waals surface area contributed by atoms with E-state index in [4.69, 9.17) is 0 Å². The van der Waals surface area contributed by atoms with Crippen LogP contribution < -0.4 is 0 Å². The first-order valence-corrected chi connectivity index (χ1v) is 11.7. The summed E-state index contributed by atoms with van der Waals surface area (Å²) in [6, 6.07) is 36.8. The lowest BCUT2D eigenvalue weighted by Gasteiger charge is -2.35. The zero-order valence-electron chi connectivity index (χ0n) is 17.7. The molecule has 1 saturated carbocycles. The van der Waals surface area contributed by atoms with E-state index in [1.54, 1.807) is 22.3 Å². The molecule has 4 aromatic rings. The predicted molar refractivity (Wildman–Crippen MR) is 128 cm³/mol. The van der Waals surface area contributed by atoms with Crippen molar-refractivity contribution in [2.75, 3.05) is 0 Å². The zero-order chi connectivity index (χ0) is 20.4. The first kappa shape index (κ1) is 17.5. The summed E-state index contributed by atoms with van der Waals surface area (Å²) in [5, 5.41) is 0. The Hall–Kier alpha value is -3.12. The van der Waals surface area contributed by atoms with Crippen molar-refractivity contribution in [1.29, 1.82) is 0 Å². The van der Waals surface area contributed by atoms with Crippen LogP contribution in [-0.4, -0.2) is 0 Å². The summed E-state index contributed by atoms with van der Waals surface area (Å²) in [5.74, 6) is 1.37. The van der Waals surface area contributed by atoms with E-state index < -0.39 is 0 Å². The van der Waals surface area contributed by atoms with Gasteiger partial charge in [0.15, 0.2) is 0 Å². The smallest absolute Gasteiger partial charge is 0.0500 e. The van der Waals surface area contributed by atoms with Gasteiger partial charge in [-0.3, -0.25) is 0 Å². The molecule has 0 heterocycles. The van der Waals surface area contributed by atoms with Crippen LogP contribution in [0.2, 0.25) is 0 Å². The van der Waals surface area contributed by atoms with Gasteiger partial charge in [0.05, 0.1) is 0 Å². The van der Waals surface area contributed by atoms with Crippen LogP contribution in [0.4, 0.5) is 0 Å². The summed E-state index contributed by atoms with van der Waals surface area (Å²) in [7, 11) is 0. The van der Waals surface area contributed by atoms with Crippen LogP contribution in [0.15, 0.2) is 97.1 Å². The molecule has 2 unspecified atom stereocenters. The molecule has 0 radical (unpaired) electrons. The van der Waals surface area contributed by atoms with Crippen LogP contribution in [0.3, 0.4) is 0 Å². The van der Waals surface area contributed by atoms with E-state index in [9.17, 15) is 0 Å². The Morgan fingerprint density at radius 3 is 2.03 bits per heavy atom. The Morgan fingerprint density at radius 2 is 1.29 bits per heavy atom. The van der Waals surface area contributed by atoms with Gasteiger partial charge in [-0.25, -0.2) is 0 Å². The molecule has 0 N–H and O–H groups in total. The summed E-state index contributed by atoms with van der Waals surface area (Å²) < 4.78 is 0. The molecule has 0 aliphatic heterocycles. The average molecular weight is 399 g/mol. The molecule has 150 valence electrons. The van der Waals surface area contributed by atoms with Crippen LogP contribution >= 0.6 is 0 Å². The molecular weight excluding hydrogens is 372 g/mol. The maximum atomic E-state index is 2.57. The van der Waals surface area contributed by atoms with Crippen molar-refractivity contribution in [3.63, 3.8) is 0 Å². The van der Waals surface area contributed by atoms with Crippen molar-refractivity contribution in [2.24, 2.45) is 5.92 Å². The number of fused-ring (bicyclic) bond motifs is 10. The van der Waals surface area contributed by atoms with Gasteiger partial charge in [-0.2, -0.15) is 0 Å². The molecule has 0 saturated heterocycles. The second-order valence-corrected chi connectivity index (χ2v) is 9.63. The van der Waals surface area contributed by atoms with Gasteiger partial charge in [-0.1, -0.05) is 103 Å². The van der Waals surface area contributed by atoms with Gasteiger partial charge in [0.25, 0.3) is 0 Å². The van der Waals surface area contributed by atoms with E-state index in [1.165, 1.54) is 41.5 Å². The molecule has 1 fully saturated rings. The third-order valence-electron chi connectivity index (χ3n) is 8.26. The first-order valence-electron chi connectivity index (χ1n) is 11.7. The fourth-order valence-electron chi connectivity index (χ4n) is 7.22. The van der Waals surface area contributed by atoms with Crippen molar-refractivity contribution >= 4 is 0 Å². The Balaban J connectivity index is 1.50. The van der Waals surface area contributed by atoms with E-state index in [1.807, 2.05) is 0 Å². The van der Waals surface area contributed by atoms with Gasteiger partial charge in [-0.15, -0.1) is 0 Å². The molecule has 7 rings (SSSR count). The normalized spacial score (nSPS) is 21.5. The molecule has 3 aliphatic rings. The van der Waals surface area contributed by atoms with Crippen molar-refractivity contribution in [2.45, 2.75) is 37.0 Å². The minimum atomic E-state index is 0.0242. The number of hydrogen-bond acceptors (Lipinski definition) is 0. The van der Waals surface area contributed by atoms with Gasteiger partial charge in [0.1, 0.15) is 0 Å². The monoisotopic (exact) mass is 398 g/mol. The highest BCUT2D eigenvalue weighted by molar-refractivity contribution is 5.85. The Morgan fingerprint density at radius 1 is 0.613 bits per heavy atom. The van der Waals surface area contributed by atoms with Crippen LogP contribution in [0, 0.1) is 5.92 Å². The van der Waals surface area contributed by atoms with Crippen molar-refractivity contribution in [3.05, 3.63) is 130 Å². The lowest BCUT2D eigenvalue weighted by atomic mass is 9.66. The largest absolute Gasteiger partial charge is 0.0622 e. The SMILES string of the molecule is c1ccc(Cc2ccc3c(c2)C2(c4ccccc4-c4ccccc42)C2CCCC32)cc1. The summed E-state index contributed by atoms with van der Waals surface area (Å²) in [5.41, 5.74) is 12.0. The van der Waals surface area contributed by atoms with E-state index in [-0.39, 0.29) is 5.41 Å². The van der Waals surface area contributed by atoms with Crippen LogP contribution in [0.5, 0.6) is 0 Å². The number of hydrogen-bond donors (Lipinski definition) is 0. The molecule has 0 bridgehead atoms. The molecule has 0 amide bonds. The number of benzene rings is 4. The fraction of sp³-hybridized carbons (Fsp3) is 0.226. The van der Waals surface area contributed by atoms with Crippen molar-refractivity contribution < 1.29 is 0 Å². The second kappa shape index (κ2) is 6.44. The van der Waals surface area contributed by atoms with Gasteiger partial charge in [0, 0.05) is 5.41 Å². The highest BCUT2D eigenvalue weighted by Gasteiger charge is 2.58. The lowest BCUT2D eigenvalue weighted by Crippen LogP contribution is -2.32. The summed E-state index contributed by atoms with van der Waals surface area (Å²) in [6.45, 7) is 0. The van der Waals surface area contributed by atoms with Crippen LogP contribution in [0.25, 0.3) is 11.1 Å². The van der Waals surface area contributed by atoms with Gasteiger partial charge < -0.3 is 0 Å². The molecule has 31 heavy (non-hydrogen) atoms. The molecule has 0 nitrogen and oxygen atoms in total. The van der Waals surface area contributed by atoms with E-state index in [2.05, 4.69) is 97.1 Å². The van der Waals surface area contributed by atoms with Crippen molar-refractivity contribution in [1.82, 2.24) is 0 Å². The molecule has 4 aromatic carbocycles. The topological polar surface area (TPSA) is 0 Å². The molecule has 0 aromatic heterocycles. The lowest BCUT2D eigenvalue weighted by molar-refractivity contribution is 0.393. The van der Waals surface area contributed by atoms with E-state index in [0.29, 0.717) is 11.8 Å². The maximum absolute atomic E-state index is 2.57. The minimum absolute atomic E-state index is 0.0242. The summed E-state index contributed by atoms with van der Waals surface area (Å²) >= 11 is 0. The third-order valence-corrected chi connectivity index (χ3v) is 8.26. The molecule has 1 spiro atoms. The van der Waals surface area contributed by atoms with Crippen molar-refractivity contribution in [3.8, 4) is 11.1 Å².